The zero-order valence-corrected chi connectivity index (χ0v) is 17.3. The number of alkyl halides is 3. The molecule has 2 fully saturated rings. The summed E-state index contributed by atoms with van der Waals surface area (Å²) in [6.45, 7) is 5.80. The summed E-state index contributed by atoms with van der Waals surface area (Å²) in [5.41, 5.74) is 3.51. The van der Waals surface area contributed by atoms with E-state index in [-0.39, 0.29) is 17.2 Å². The molecule has 1 aromatic heterocycles. The summed E-state index contributed by atoms with van der Waals surface area (Å²) in [5, 5.41) is 11.2. The number of aryl methyl sites for hydroxylation is 3. The van der Waals surface area contributed by atoms with E-state index in [1.165, 1.54) is 0 Å². The lowest BCUT2D eigenvalue weighted by Crippen LogP contribution is -2.34. The van der Waals surface area contributed by atoms with Crippen molar-refractivity contribution in [1.29, 1.82) is 0 Å². The number of halogens is 3. The first-order chi connectivity index (χ1) is 14.6. The molecule has 1 aromatic carbocycles. The fourth-order valence-electron chi connectivity index (χ4n) is 5.80. The van der Waals surface area contributed by atoms with Crippen molar-refractivity contribution in [1.82, 2.24) is 4.98 Å². The van der Waals surface area contributed by atoms with Crippen LogP contribution in [0.25, 0.3) is 5.57 Å². The number of Topliss-reactive ketones (excluding diaryl/α,β-unsaturated/α-hetero) is 1. The number of aromatic nitrogens is 1. The molecule has 7 heteroatoms. The van der Waals surface area contributed by atoms with Crippen LogP contribution in [0.4, 0.5) is 13.2 Å². The molecule has 2 saturated heterocycles. The second-order valence-electron chi connectivity index (χ2n) is 8.90. The van der Waals surface area contributed by atoms with Crippen LogP contribution in [0, 0.1) is 32.6 Å². The molecular formula is C24H22F3NO3. The maximum atomic E-state index is 13.3. The highest BCUT2D eigenvalue weighted by Crippen LogP contribution is 2.58. The molecule has 1 N–H and O–H groups in total. The number of aliphatic hydroxyl groups excluding tert-OH is 1. The number of rotatable bonds is 2. The van der Waals surface area contributed by atoms with Crippen LogP contribution < -0.4 is 0 Å². The summed E-state index contributed by atoms with van der Waals surface area (Å²) in [4.78, 5) is 17.5. The monoisotopic (exact) mass is 429 g/mol. The van der Waals surface area contributed by atoms with Crippen molar-refractivity contribution in [3.63, 3.8) is 0 Å². The third kappa shape index (κ3) is 2.93. The summed E-state index contributed by atoms with van der Waals surface area (Å²) in [5.74, 6) is -1.59. The maximum absolute atomic E-state index is 13.3. The standard InChI is InChI=1S/C24H22F3NO3/c1-10-6-11(2)17(12(3)7-10)19-21(29)18-16-9-14(23(31-16)20(18)22(19)30)15-8-13(4-5-28-15)24(25,26)27/h4-8,14,16,18,20,23,30H,9H2,1-3H3/t14?,16?,18-,20+,23?/m0/s1. The molecule has 162 valence electrons. The van der Waals surface area contributed by atoms with Crippen molar-refractivity contribution < 1.29 is 27.8 Å². The topological polar surface area (TPSA) is 59.4 Å². The van der Waals surface area contributed by atoms with E-state index in [2.05, 4.69) is 4.98 Å². The molecular weight excluding hydrogens is 407 g/mol. The second-order valence-corrected chi connectivity index (χ2v) is 8.90. The summed E-state index contributed by atoms with van der Waals surface area (Å²) in [6, 6.07) is 5.95. The van der Waals surface area contributed by atoms with E-state index >= 15 is 0 Å². The number of hydrogen-bond acceptors (Lipinski definition) is 4. The fraction of sp³-hybridized carbons (Fsp3) is 0.417. The second kappa shape index (κ2) is 6.66. The number of pyridine rings is 1. The molecule has 0 saturated carbocycles. The van der Waals surface area contributed by atoms with Crippen molar-refractivity contribution in [2.75, 3.05) is 0 Å². The third-order valence-corrected chi connectivity index (χ3v) is 6.89. The minimum atomic E-state index is -4.46. The highest BCUT2D eigenvalue weighted by atomic mass is 19.4. The molecule has 5 atom stereocenters. The molecule has 31 heavy (non-hydrogen) atoms. The third-order valence-electron chi connectivity index (χ3n) is 6.89. The van der Waals surface area contributed by atoms with E-state index in [9.17, 15) is 23.1 Å². The van der Waals surface area contributed by atoms with Gasteiger partial charge in [-0.3, -0.25) is 9.78 Å². The number of carbonyl (C=O) groups is 1. The summed E-state index contributed by atoms with van der Waals surface area (Å²) in [6.07, 6.45) is -3.90. The lowest BCUT2D eigenvalue weighted by atomic mass is 9.73. The van der Waals surface area contributed by atoms with Gasteiger partial charge in [-0.25, -0.2) is 0 Å². The number of ketones is 1. The zero-order valence-electron chi connectivity index (χ0n) is 17.3. The van der Waals surface area contributed by atoms with Crippen LogP contribution in [-0.2, 0) is 15.7 Å². The van der Waals surface area contributed by atoms with Crippen LogP contribution in [0.2, 0.25) is 0 Å². The molecule has 0 amide bonds. The predicted molar refractivity (Wildman–Crippen MR) is 107 cm³/mol. The quantitative estimate of drug-likeness (QED) is 0.725. The Bertz CT molecular complexity index is 1110. The van der Waals surface area contributed by atoms with Crippen molar-refractivity contribution in [3.8, 4) is 0 Å². The maximum Gasteiger partial charge on any atom is 0.416 e. The van der Waals surface area contributed by atoms with Gasteiger partial charge in [-0.1, -0.05) is 17.7 Å². The van der Waals surface area contributed by atoms with Crippen LogP contribution in [-0.4, -0.2) is 28.1 Å². The minimum absolute atomic E-state index is 0.00534. The van der Waals surface area contributed by atoms with Crippen LogP contribution in [0.15, 0.2) is 36.2 Å². The van der Waals surface area contributed by atoms with Gasteiger partial charge in [-0.05, 0) is 56.0 Å². The first-order valence-electron chi connectivity index (χ1n) is 10.3. The van der Waals surface area contributed by atoms with E-state index < -0.39 is 41.7 Å². The average molecular weight is 429 g/mol. The number of fused-ring (bicyclic) bond motifs is 5. The van der Waals surface area contributed by atoms with Crippen molar-refractivity contribution >= 4 is 11.4 Å². The van der Waals surface area contributed by atoms with Gasteiger partial charge in [0, 0.05) is 17.8 Å². The Morgan fingerprint density at radius 1 is 1.10 bits per heavy atom. The number of aliphatic hydroxyl groups is 1. The number of nitrogens with zero attached hydrogens (tertiary/aromatic N) is 1. The number of allylic oxidation sites excluding steroid dienone is 1. The first-order valence-corrected chi connectivity index (χ1v) is 10.3. The van der Waals surface area contributed by atoms with Crippen LogP contribution in [0.1, 0.15) is 45.8 Å². The smallest absolute Gasteiger partial charge is 0.416 e. The van der Waals surface area contributed by atoms with E-state index in [4.69, 9.17) is 4.74 Å². The Balaban J connectivity index is 1.55. The summed E-state index contributed by atoms with van der Waals surface area (Å²) in [7, 11) is 0. The molecule has 1 aliphatic carbocycles. The van der Waals surface area contributed by atoms with Gasteiger partial charge < -0.3 is 9.84 Å². The van der Waals surface area contributed by atoms with Gasteiger partial charge in [-0.15, -0.1) is 0 Å². The van der Waals surface area contributed by atoms with Crippen LogP contribution >= 0.6 is 0 Å². The van der Waals surface area contributed by atoms with Crippen molar-refractivity contribution in [2.24, 2.45) is 11.8 Å². The van der Waals surface area contributed by atoms with Gasteiger partial charge in [0.05, 0.1) is 35.2 Å². The van der Waals surface area contributed by atoms with Crippen molar-refractivity contribution in [2.45, 2.75) is 51.5 Å². The Hall–Kier alpha value is -2.67. The number of ether oxygens (including phenoxy) is 1. The van der Waals surface area contributed by atoms with Gasteiger partial charge in [-0.2, -0.15) is 13.2 Å². The highest BCUT2D eigenvalue weighted by molar-refractivity contribution is 6.26. The van der Waals surface area contributed by atoms with E-state index in [0.29, 0.717) is 12.0 Å². The molecule has 4 nitrogen and oxygen atoms in total. The Morgan fingerprint density at radius 3 is 2.42 bits per heavy atom. The average Bonchev–Trinajstić information content (AvgIpc) is 3.34. The van der Waals surface area contributed by atoms with Crippen LogP contribution in [0.3, 0.4) is 0 Å². The molecule has 2 aromatic rings. The first kappa shape index (κ1) is 20.2. The lowest BCUT2D eigenvalue weighted by molar-refractivity contribution is -0.137. The Morgan fingerprint density at radius 2 is 1.77 bits per heavy atom. The minimum Gasteiger partial charge on any atom is -0.511 e. The summed E-state index contributed by atoms with van der Waals surface area (Å²) >= 11 is 0. The predicted octanol–water partition coefficient (Wildman–Crippen LogP) is 5.06. The number of hydrogen-bond donors (Lipinski definition) is 1. The van der Waals surface area contributed by atoms with Gasteiger partial charge in [0.1, 0.15) is 5.76 Å². The largest absolute Gasteiger partial charge is 0.511 e. The lowest BCUT2D eigenvalue weighted by Gasteiger charge is -2.27. The van der Waals surface area contributed by atoms with E-state index in [1.54, 1.807) is 0 Å². The van der Waals surface area contributed by atoms with E-state index in [1.807, 2.05) is 32.9 Å². The van der Waals surface area contributed by atoms with Gasteiger partial charge in [0.2, 0.25) is 0 Å². The highest BCUT2D eigenvalue weighted by Gasteiger charge is 2.63. The molecule has 0 spiro atoms. The molecule has 2 aliphatic heterocycles. The van der Waals surface area contributed by atoms with E-state index in [0.717, 1.165) is 40.6 Å². The molecule has 5 rings (SSSR count). The van der Waals surface area contributed by atoms with Gasteiger partial charge >= 0.3 is 6.18 Å². The molecule has 0 radical (unpaired) electrons. The SMILES string of the molecule is Cc1cc(C)c(C2=C(O)[C@@H]3C4OC(CC4c4cc(C(F)(F)F)ccn4)[C@@H]3C2=O)c(C)c1. The molecule has 3 aliphatic rings. The fourth-order valence-corrected chi connectivity index (χ4v) is 5.80. The zero-order chi connectivity index (χ0) is 22.2. The number of benzene rings is 1. The normalized spacial score (nSPS) is 29.7. The molecule has 3 unspecified atom stereocenters. The van der Waals surface area contributed by atoms with Crippen LogP contribution in [0.5, 0.6) is 0 Å². The Labute approximate surface area is 177 Å². The molecule has 3 heterocycles. The molecule has 2 bridgehead atoms. The van der Waals surface area contributed by atoms with Gasteiger partial charge in [0.15, 0.2) is 5.78 Å². The number of carbonyl (C=O) groups excluding carboxylic acids is 1. The Kier molecular flexibility index (Phi) is 4.35. The van der Waals surface area contributed by atoms with Gasteiger partial charge in [0.25, 0.3) is 0 Å². The van der Waals surface area contributed by atoms with Crippen molar-refractivity contribution in [3.05, 3.63) is 69.7 Å². The summed E-state index contributed by atoms with van der Waals surface area (Å²) < 4.78 is 45.5.